The van der Waals surface area contributed by atoms with Crippen molar-refractivity contribution in [1.82, 2.24) is 9.21 Å². The van der Waals surface area contributed by atoms with Crippen LogP contribution in [0.4, 0.5) is 18.9 Å². The maximum Gasteiger partial charge on any atom is 0.416 e. The molecule has 1 heterocycles. The van der Waals surface area contributed by atoms with Gasteiger partial charge in [-0.05, 0) is 41.8 Å². The van der Waals surface area contributed by atoms with Crippen LogP contribution in [0.25, 0.3) is 0 Å². The van der Waals surface area contributed by atoms with E-state index in [1.54, 1.807) is 29.2 Å². The molecule has 3 rings (SSSR count). The van der Waals surface area contributed by atoms with Gasteiger partial charge in [-0.15, -0.1) is 0 Å². The second-order valence-electron chi connectivity index (χ2n) is 8.14. The van der Waals surface area contributed by atoms with Gasteiger partial charge in [-0.1, -0.05) is 37.6 Å². The minimum absolute atomic E-state index is 0.00394. The quantitative estimate of drug-likeness (QED) is 0.633. The van der Waals surface area contributed by atoms with Gasteiger partial charge >= 0.3 is 6.18 Å². The van der Waals surface area contributed by atoms with Crippen molar-refractivity contribution in [2.24, 2.45) is 0 Å². The predicted molar refractivity (Wildman–Crippen MR) is 121 cm³/mol. The van der Waals surface area contributed by atoms with Crippen LogP contribution in [0.3, 0.4) is 0 Å². The van der Waals surface area contributed by atoms with Crippen molar-refractivity contribution >= 4 is 33.2 Å². The number of hydrogen-bond donors (Lipinski definition) is 1. The fraction of sp³-hybridized carbons (Fsp3) is 0.409. The molecule has 0 atom stereocenters. The number of alkyl halides is 3. The van der Waals surface area contributed by atoms with Crippen LogP contribution < -0.4 is 5.32 Å². The van der Waals surface area contributed by atoms with E-state index in [2.05, 4.69) is 5.32 Å². The highest BCUT2D eigenvalue weighted by Crippen LogP contribution is 2.33. The largest absolute Gasteiger partial charge is 0.416 e. The molecule has 33 heavy (non-hydrogen) atoms. The number of sulfonamides is 1. The fourth-order valence-electron chi connectivity index (χ4n) is 3.49. The second kappa shape index (κ2) is 10.0. The highest BCUT2D eigenvalue weighted by molar-refractivity contribution is 7.89. The number of carbonyl (C=O) groups is 1. The summed E-state index contributed by atoms with van der Waals surface area (Å²) in [5.74, 6) is -0.237. The number of nitrogens with zero attached hydrogens (tertiary/aromatic N) is 2. The molecule has 1 fully saturated rings. The van der Waals surface area contributed by atoms with Gasteiger partial charge in [-0.25, -0.2) is 8.42 Å². The molecule has 0 saturated carbocycles. The Kier molecular flexibility index (Phi) is 7.73. The number of piperazine rings is 1. The van der Waals surface area contributed by atoms with Crippen LogP contribution in [0, 0.1) is 0 Å². The van der Waals surface area contributed by atoms with E-state index >= 15 is 0 Å². The first-order valence-corrected chi connectivity index (χ1v) is 12.2. The Bertz CT molecular complexity index is 1100. The van der Waals surface area contributed by atoms with E-state index in [0.29, 0.717) is 19.0 Å². The number of halogens is 4. The van der Waals surface area contributed by atoms with E-state index in [9.17, 15) is 26.4 Å². The van der Waals surface area contributed by atoms with Crippen molar-refractivity contribution in [3.05, 3.63) is 58.6 Å². The molecule has 1 aliphatic heterocycles. The van der Waals surface area contributed by atoms with Crippen LogP contribution in [0.5, 0.6) is 0 Å². The van der Waals surface area contributed by atoms with Crippen LogP contribution in [-0.4, -0.2) is 56.3 Å². The molecular formula is C22H25ClF3N3O3S. The molecule has 0 radical (unpaired) electrons. The molecule has 2 aromatic carbocycles. The zero-order valence-electron chi connectivity index (χ0n) is 18.2. The van der Waals surface area contributed by atoms with Crippen molar-refractivity contribution in [2.75, 3.05) is 38.0 Å². The first kappa shape index (κ1) is 25.5. The fourth-order valence-corrected chi connectivity index (χ4v) is 5.08. The Morgan fingerprint density at radius 3 is 2.21 bits per heavy atom. The third-order valence-corrected chi connectivity index (χ3v) is 7.69. The number of carbonyl (C=O) groups excluding carboxylic acids is 1. The summed E-state index contributed by atoms with van der Waals surface area (Å²) >= 11 is 5.92. The number of rotatable bonds is 6. The van der Waals surface area contributed by atoms with Gasteiger partial charge in [0.15, 0.2) is 0 Å². The number of nitrogens with one attached hydrogen (secondary N) is 1. The topological polar surface area (TPSA) is 69.7 Å². The molecule has 0 unspecified atom stereocenters. The molecular weight excluding hydrogens is 479 g/mol. The first-order valence-electron chi connectivity index (χ1n) is 10.4. The normalized spacial score (nSPS) is 16.2. The minimum Gasteiger partial charge on any atom is -0.324 e. The predicted octanol–water partition coefficient (Wildman–Crippen LogP) is 4.43. The van der Waals surface area contributed by atoms with E-state index in [-0.39, 0.29) is 35.2 Å². The van der Waals surface area contributed by atoms with Gasteiger partial charge in [-0.2, -0.15) is 17.5 Å². The molecule has 0 aromatic heterocycles. The van der Waals surface area contributed by atoms with Crippen LogP contribution in [0.15, 0.2) is 47.4 Å². The summed E-state index contributed by atoms with van der Waals surface area (Å²) in [6, 6.07) is 9.52. The smallest absolute Gasteiger partial charge is 0.324 e. The highest BCUT2D eigenvalue weighted by Gasteiger charge is 2.32. The third-order valence-electron chi connectivity index (χ3n) is 5.45. The third kappa shape index (κ3) is 6.26. The van der Waals surface area contributed by atoms with Gasteiger partial charge < -0.3 is 5.32 Å². The number of hydrogen-bond acceptors (Lipinski definition) is 4. The molecule has 180 valence electrons. The van der Waals surface area contributed by atoms with Crippen molar-refractivity contribution in [2.45, 2.75) is 30.8 Å². The van der Waals surface area contributed by atoms with Crippen LogP contribution in [0.1, 0.15) is 30.9 Å². The molecule has 1 N–H and O–H groups in total. The molecule has 6 nitrogen and oxygen atoms in total. The Labute approximate surface area is 196 Å². The van der Waals surface area contributed by atoms with Gasteiger partial charge in [0, 0.05) is 26.2 Å². The number of benzene rings is 2. The molecule has 2 aromatic rings. The molecule has 0 bridgehead atoms. The summed E-state index contributed by atoms with van der Waals surface area (Å²) in [7, 11) is -3.65. The van der Waals surface area contributed by atoms with E-state index in [1.165, 1.54) is 4.31 Å². The standard InChI is InChI=1S/C22H25ClF3N3O3S/c1-15(2)16-3-6-18(7-4-16)33(31,32)29-11-9-28(10-12-29)14-21(30)27-20-13-17(22(24,25)26)5-8-19(20)23/h3-8,13,15H,9-12,14H2,1-2H3,(H,27,30). The lowest BCUT2D eigenvalue weighted by Crippen LogP contribution is -2.50. The molecule has 0 aliphatic carbocycles. The SMILES string of the molecule is CC(C)c1ccc(S(=O)(=O)N2CCN(CC(=O)Nc3cc(C(F)(F)F)ccc3Cl)CC2)cc1. The Morgan fingerprint density at radius 1 is 1.06 bits per heavy atom. The average molecular weight is 504 g/mol. The molecule has 1 saturated heterocycles. The summed E-state index contributed by atoms with van der Waals surface area (Å²) in [6.45, 7) is 4.99. The Morgan fingerprint density at radius 2 is 1.67 bits per heavy atom. The monoisotopic (exact) mass is 503 g/mol. The molecule has 11 heteroatoms. The van der Waals surface area contributed by atoms with Gasteiger partial charge in [0.25, 0.3) is 0 Å². The minimum atomic E-state index is -4.55. The summed E-state index contributed by atoms with van der Waals surface area (Å²) in [4.78, 5) is 14.3. The summed E-state index contributed by atoms with van der Waals surface area (Å²) in [5.41, 5.74) is 0.00986. The maximum atomic E-state index is 12.9. The molecule has 1 amide bonds. The zero-order valence-corrected chi connectivity index (χ0v) is 19.8. The van der Waals surface area contributed by atoms with E-state index in [4.69, 9.17) is 11.6 Å². The zero-order chi connectivity index (χ0) is 24.4. The first-order chi connectivity index (χ1) is 15.4. The van der Waals surface area contributed by atoms with Crippen LogP contribution >= 0.6 is 11.6 Å². The Balaban J connectivity index is 1.57. The van der Waals surface area contributed by atoms with Crippen molar-refractivity contribution in [1.29, 1.82) is 0 Å². The van der Waals surface area contributed by atoms with E-state index in [1.807, 2.05) is 13.8 Å². The average Bonchev–Trinajstić information content (AvgIpc) is 2.75. The summed E-state index contributed by atoms with van der Waals surface area (Å²) in [5, 5.41) is 2.40. The lowest BCUT2D eigenvalue weighted by Gasteiger charge is -2.33. The van der Waals surface area contributed by atoms with Crippen LogP contribution in [0.2, 0.25) is 5.02 Å². The van der Waals surface area contributed by atoms with Crippen molar-refractivity contribution in [3.8, 4) is 0 Å². The van der Waals surface area contributed by atoms with Gasteiger partial charge in [-0.3, -0.25) is 9.69 Å². The lowest BCUT2D eigenvalue weighted by molar-refractivity contribution is -0.137. The van der Waals surface area contributed by atoms with E-state index < -0.39 is 27.7 Å². The lowest BCUT2D eigenvalue weighted by atomic mass is 10.0. The molecule has 1 aliphatic rings. The van der Waals surface area contributed by atoms with Crippen molar-refractivity contribution < 1.29 is 26.4 Å². The van der Waals surface area contributed by atoms with Crippen molar-refractivity contribution in [3.63, 3.8) is 0 Å². The van der Waals surface area contributed by atoms with Crippen LogP contribution in [-0.2, 0) is 21.0 Å². The Hall–Kier alpha value is -2.14. The summed E-state index contributed by atoms with van der Waals surface area (Å²) in [6.07, 6.45) is -4.55. The van der Waals surface area contributed by atoms with Gasteiger partial charge in [0.2, 0.25) is 15.9 Å². The van der Waals surface area contributed by atoms with E-state index in [0.717, 1.165) is 23.8 Å². The number of amides is 1. The van der Waals surface area contributed by atoms with Gasteiger partial charge in [0.05, 0.1) is 27.7 Å². The summed E-state index contributed by atoms with van der Waals surface area (Å²) < 4.78 is 65.9. The number of anilines is 1. The highest BCUT2D eigenvalue weighted by atomic mass is 35.5. The molecule has 0 spiro atoms. The second-order valence-corrected chi connectivity index (χ2v) is 10.5. The van der Waals surface area contributed by atoms with Gasteiger partial charge in [0.1, 0.15) is 0 Å². The maximum absolute atomic E-state index is 12.9.